The third-order valence-electron chi connectivity index (χ3n) is 5.35. The highest BCUT2D eigenvalue weighted by Crippen LogP contribution is 2.41. The predicted octanol–water partition coefficient (Wildman–Crippen LogP) is -0.200. The summed E-state index contributed by atoms with van der Waals surface area (Å²) in [6.45, 7) is -0.658. The molecule has 3 rings (SSSR count). The van der Waals surface area contributed by atoms with Crippen LogP contribution in [0.4, 0.5) is 13.6 Å². The molecule has 0 aromatic heterocycles. The number of hydrogen-bond acceptors (Lipinski definition) is 7. The zero-order valence-electron chi connectivity index (χ0n) is 14.8. The molecule has 3 aliphatic rings. The summed E-state index contributed by atoms with van der Waals surface area (Å²) in [5.74, 6) is -4.35. The van der Waals surface area contributed by atoms with Crippen molar-refractivity contribution in [1.82, 2.24) is 15.4 Å². The van der Waals surface area contributed by atoms with Crippen LogP contribution in [0.2, 0.25) is 0 Å². The second kappa shape index (κ2) is 7.67. The SMILES string of the molecule is NC(CONC(=O)[C@@H]1CC(F)(F)[C@@H]2CN1C(=O)N2OS(=O)(=O)O)C1CCCC1. The van der Waals surface area contributed by atoms with Gasteiger partial charge in [0.2, 0.25) is 0 Å². The number of fused-ring (bicyclic) bond motifs is 2. The van der Waals surface area contributed by atoms with Crippen molar-refractivity contribution < 1.29 is 40.5 Å². The number of hydrogen-bond donors (Lipinski definition) is 3. The molecule has 2 bridgehead atoms. The van der Waals surface area contributed by atoms with E-state index in [0.717, 1.165) is 30.6 Å². The highest BCUT2D eigenvalue weighted by Gasteiger charge is 2.62. The summed E-state index contributed by atoms with van der Waals surface area (Å²) >= 11 is 0. The lowest BCUT2D eigenvalue weighted by atomic mass is 9.96. The molecular weight excluding hydrogens is 406 g/mol. The number of carbonyl (C=O) groups is 2. The van der Waals surface area contributed by atoms with Crippen molar-refractivity contribution in [1.29, 1.82) is 0 Å². The number of urea groups is 1. The van der Waals surface area contributed by atoms with Crippen LogP contribution in [0.3, 0.4) is 0 Å². The van der Waals surface area contributed by atoms with Gasteiger partial charge in [-0.2, -0.15) is 13.5 Å². The minimum atomic E-state index is -5.19. The highest BCUT2D eigenvalue weighted by molar-refractivity contribution is 7.80. The van der Waals surface area contributed by atoms with Crippen molar-refractivity contribution in [2.45, 2.75) is 56.2 Å². The quantitative estimate of drug-likeness (QED) is 0.372. The average Bonchev–Trinajstić information content (AvgIpc) is 3.20. The summed E-state index contributed by atoms with van der Waals surface area (Å²) in [5.41, 5.74) is 8.02. The minimum Gasteiger partial charge on any atom is -0.325 e. The summed E-state index contributed by atoms with van der Waals surface area (Å²) in [6.07, 6.45) is 3.00. The molecule has 3 fully saturated rings. The van der Waals surface area contributed by atoms with Crippen molar-refractivity contribution in [2.75, 3.05) is 13.2 Å². The molecule has 14 heteroatoms. The highest BCUT2D eigenvalue weighted by atomic mass is 32.3. The first-order chi connectivity index (χ1) is 13.0. The van der Waals surface area contributed by atoms with Gasteiger partial charge < -0.3 is 10.6 Å². The Labute approximate surface area is 160 Å². The molecule has 1 unspecified atom stereocenters. The largest absolute Gasteiger partial charge is 0.418 e. The molecule has 0 radical (unpaired) electrons. The predicted molar refractivity (Wildman–Crippen MR) is 87.7 cm³/mol. The number of nitrogens with two attached hydrogens (primary N) is 1. The Hall–Kier alpha value is -1.61. The number of alkyl halides is 2. The van der Waals surface area contributed by atoms with Crippen LogP contribution in [0.25, 0.3) is 0 Å². The van der Waals surface area contributed by atoms with Crippen LogP contribution in [0.15, 0.2) is 0 Å². The zero-order valence-corrected chi connectivity index (χ0v) is 15.6. The van der Waals surface area contributed by atoms with Crippen molar-refractivity contribution in [3.05, 3.63) is 0 Å². The first-order valence-electron chi connectivity index (χ1n) is 8.81. The summed E-state index contributed by atoms with van der Waals surface area (Å²) in [6, 6.07) is -5.14. The third kappa shape index (κ3) is 4.35. The van der Waals surface area contributed by atoms with Crippen molar-refractivity contribution >= 4 is 22.3 Å². The number of halogens is 2. The van der Waals surface area contributed by atoms with E-state index in [4.69, 9.17) is 15.1 Å². The summed E-state index contributed by atoms with van der Waals surface area (Å²) in [7, 11) is -5.19. The summed E-state index contributed by atoms with van der Waals surface area (Å²) in [4.78, 5) is 30.3. The lowest BCUT2D eigenvalue weighted by molar-refractivity contribution is -0.159. The Kier molecular flexibility index (Phi) is 5.78. The van der Waals surface area contributed by atoms with Gasteiger partial charge in [0.05, 0.1) is 13.2 Å². The maximum absolute atomic E-state index is 14.3. The molecule has 4 N–H and O–H groups in total. The zero-order chi connectivity index (χ0) is 20.7. The van der Waals surface area contributed by atoms with Gasteiger partial charge in [-0.05, 0) is 18.8 Å². The third-order valence-corrected chi connectivity index (χ3v) is 5.70. The number of rotatable bonds is 7. The molecule has 2 heterocycles. The van der Waals surface area contributed by atoms with E-state index >= 15 is 0 Å². The van der Waals surface area contributed by atoms with Crippen LogP contribution in [0.5, 0.6) is 0 Å². The van der Waals surface area contributed by atoms with Gasteiger partial charge in [-0.25, -0.2) is 19.1 Å². The average molecular weight is 428 g/mol. The maximum atomic E-state index is 14.3. The Morgan fingerprint density at radius 2 is 2.04 bits per heavy atom. The Morgan fingerprint density at radius 3 is 2.64 bits per heavy atom. The smallest absolute Gasteiger partial charge is 0.325 e. The molecule has 160 valence electrons. The van der Waals surface area contributed by atoms with Crippen LogP contribution in [0, 0.1) is 5.92 Å². The normalized spacial score (nSPS) is 28.6. The van der Waals surface area contributed by atoms with Gasteiger partial charge in [-0.3, -0.25) is 14.2 Å². The molecule has 3 amide bonds. The van der Waals surface area contributed by atoms with E-state index in [1.807, 2.05) is 5.48 Å². The van der Waals surface area contributed by atoms with Gasteiger partial charge in [0, 0.05) is 12.5 Å². The second-order valence-corrected chi connectivity index (χ2v) is 8.25. The fraction of sp³-hybridized carbons (Fsp3) is 0.857. The maximum Gasteiger partial charge on any atom is 0.418 e. The lowest BCUT2D eigenvalue weighted by Crippen LogP contribution is -2.56. The van der Waals surface area contributed by atoms with Crippen LogP contribution in [-0.4, -0.2) is 72.1 Å². The van der Waals surface area contributed by atoms with E-state index in [1.54, 1.807) is 0 Å². The molecule has 2 aliphatic heterocycles. The first kappa shape index (κ1) is 21.1. The molecule has 2 saturated heterocycles. The van der Waals surface area contributed by atoms with E-state index in [-0.39, 0.29) is 23.6 Å². The Bertz CT molecular complexity index is 731. The number of piperidine rings is 1. The molecule has 1 saturated carbocycles. The molecule has 0 aromatic carbocycles. The van der Waals surface area contributed by atoms with Crippen LogP contribution in [0.1, 0.15) is 32.1 Å². The van der Waals surface area contributed by atoms with Crippen molar-refractivity contribution in [2.24, 2.45) is 11.7 Å². The molecule has 0 spiro atoms. The molecule has 0 aromatic rings. The van der Waals surface area contributed by atoms with Gasteiger partial charge in [0.25, 0.3) is 11.8 Å². The fourth-order valence-corrected chi connectivity index (χ4v) is 4.26. The van der Waals surface area contributed by atoms with Crippen LogP contribution >= 0.6 is 0 Å². The molecule has 1 aliphatic carbocycles. The van der Waals surface area contributed by atoms with Gasteiger partial charge in [0.1, 0.15) is 12.1 Å². The fourth-order valence-electron chi connectivity index (χ4n) is 3.89. The van der Waals surface area contributed by atoms with E-state index in [2.05, 4.69) is 4.28 Å². The lowest BCUT2D eigenvalue weighted by Gasteiger charge is -2.34. The first-order valence-corrected chi connectivity index (χ1v) is 10.2. The number of amides is 3. The van der Waals surface area contributed by atoms with Crippen molar-refractivity contribution in [3.8, 4) is 0 Å². The van der Waals surface area contributed by atoms with E-state index in [9.17, 15) is 26.8 Å². The van der Waals surface area contributed by atoms with E-state index < -0.39 is 53.3 Å². The molecule has 28 heavy (non-hydrogen) atoms. The van der Waals surface area contributed by atoms with Gasteiger partial charge in [0.15, 0.2) is 0 Å². The molecule has 11 nitrogen and oxygen atoms in total. The Balaban J connectivity index is 1.61. The van der Waals surface area contributed by atoms with E-state index in [1.165, 1.54) is 0 Å². The molecule has 3 atom stereocenters. The van der Waals surface area contributed by atoms with Crippen molar-refractivity contribution in [3.63, 3.8) is 0 Å². The Morgan fingerprint density at radius 1 is 1.39 bits per heavy atom. The van der Waals surface area contributed by atoms with Gasteiger partial charge >= 0.3 is 16.4 Å². The number of hydroxylamine groups is 3. The van der Waals surface area contributed by atoms with Gasteiger partial charge in [-0.1, -0.05) is 12.8 Å². The summed E-state index contributed by atoms with van der Waals surface area (Å²) < 4.78 is 63.0. The number of nitrogens with one attached hydrogen (secondary N) is 1. The van der Waals surface area contributed by atoms with E-state index in [0.29, 0.717) is 0 Å². The number of nitrogens with zero attached hydrogens (tertiary/aromatic N) is 2. The summed E-state index contributed by atoms with van der Waals surface area (Å²) in [5, 5.41) is -0.126. The van der Waals surface area contributed by atoms with Gasteiger partial charge in [-0.15, -0.1) is 4.28 Å². The molecular formula is C14H22F2N4O7S. The minimum absolute atomic E-state index is 0.00587. The van der Waals surface area contributed by atoms with Crippen LogP contribution < -0.4 is 11.2 Å². The monoisotopic (exact) mass is 428 g/mol. The van der Waals surface area contributed by atoms with Crippen LogP contribution in [-0.2, 0) is 24.3 Å². The topological polar surface area (TPSA) is 151 Å². The second-order valence-electron chi connectivity index (χ2n) is 7.25. The number of carbonyl (C=O) groups excluding carboxylic acids is 2. The standard InChI is InChI=1S/C14H22F2N4O7S/c15-14(16)5-10(12(21)18-26-7-9(17)8-3-1-2-4-8)19-6-11(14)20(13(19)22)27-28(23,24)25/h8-11H,1-7,17H2,(H,18,21)(H,23,24,25)/t9?,10-,11-/m0/s1.